The van der Waals surface area contributed by atoms with Gasteiger partial charge in [-0.05, 0) is 44.9 Å². The molecule has 1 aliphatic heterocycles. The highest BCUT2D eigenvalue weighted by molar-refractivity contribution is 7.99. The molecule has 0 unspecified atom stereocenters. The molecule has 0 amide bonds. The number of hydrogen-bond donors (Lipinski definition) is 0. The molecule has 1 saturated heterocycles. The van der Waals surface area contributed by atoms with Crippen molar-refractivity contribution in [3.63, 3.8) is 0 Å². The summed E-state index contributed by atoms with van der Waals surface area (Å²) in [5, 5.41) is 0.912. The molecule has 0 radical (unpaired) electrons. The van der Waals surface area contributed by atoms with Gasteiger partial charge in [0, 0.05) is 32.0 Å². The number of rotatable bonds is 8. The Morgan fingerprint density at radius 3 is 2.65 bits per heavy atom. The van der Waals surface area contributed by atoms with Crippen LogP contribution in [0.1, 0.15) is 33.1 Å². The lowest BCUT2D eigenvalue weighted by atomic mass is 10.2. The summed E-state index contributed by atoms with van der Waals surface area (Å²) in [5.74, 6) is 0.829. The number of hydrogen-bond acceptors (Lipinski definition) is 5. The molecule has 6 nitrogen and oxygen atoms in total. The maximum Gasteiger partial charge on any atom is 0.243 e. The number of piperidine rings is 1. The van der Waals surface area contributed by atoms with E-state index >= 15 is 0 Å². The Morgan fingerprint density at radius 1 is 1.19 bits per heavy atom. The first-order valence-electron chi connectivity index (χ1n) is 9.29. The highest BCUT2D eigenvalue weighted by Crippen LogP contribution is 2.28. The van der Waals surface area contributed by atoms with E-state index < -0.39 is 10.0 Å². The molecule has 0 spiro atoms. The van der Waals surface area contributed by atoms with E-state index in [0.717, 1.165) is 47.7 Å². The van der Waals surface area contributed by atoms with Gasteiger partial charge >= 0.3 is 0 Å². The van der Waals surface area contributed by atoms with Crippen LogP contribution in [-0.4, -0.2) is 54.3 Å². The number of imidazole rings is 1. The van der Waals surface area contributed by atoms with Crippen LogP contribution in [0.15, 0.2) is 28.3 Å². The maximum absolute atomic E-state index is 12.9. The van der Waals surface area contributed by atoms with Crippen molar-refractivity contribution in [3.8, 4) is 0 Å². The number of thioether (sulfide) groups is 1. The van der Waals surface area contributed by atoms with Crippen LogP contribution in [0.25, 0.3) is 11.0 Å². The number of nitrogens with zero attached hydrogens (tertiary/aromatic N) is 3. The Kier molecular flexibility index (Phi) is 6.60. The first-order valence-corrected chi connectivity index (χ1v) is 11.7. The summed E-state index contributed by atoms with van der Waals surface area (Å²) in [6.45, 7) is 7.48. The summed E-state index contributed by atoms with van der Waals surface area (Å²) < 4.78 is 34.9. The lowest BCUT2D eigenvalue weighted by molar-refractivity contribution is 0.164. The van der Waals surface area contributed by atoms with Crippen LogP contribution in [-0.2, 0) is 21.3 Å². The molecule has 144 valence electrons. The minimum atomic E-state index is -3.43. The summed E-state index contributed by atoms with van der Waals surface area (Å²) in [7, 11) is -3.43. The van der Waals surface area contributed by atoms with Crippen molar-refractivity contribution >= 4 is 32.8 Å². The van der Waals surface area contributed by atoms with Crippen molar-refractivity contribution in [2.75, 3.05) is 32.1 Å². The number of aromatic nitrogens is 2. The topological polar surface area (TPSA) is 64.4 Å². The van der Waals surface area contributed by atoms with Gasteiger partial charge in [-0.1, -0.05) is 18.2 Å². The SMILES string of the molecule is CCOCCSc1nc2cc(S(=O)(=O)N3CCCCC3)ccc2n1CC. The zero-order valence-corrected chi connectivity index (χ0v) is 17.1. The van der Waals surface area contributed by atoms with Crippen LogP contribution in [0.3, 0.4) is 0 Å². The zero-order valence-electron chi connectivity index (χ0n) is 15.5. The summed E-state index contributed by atoms with van der Waals surface area (Å²) >= 11 is 1.65. The second-order valence-corrected chi connectivity index (χ2v) is 9.30. The second-order valence-electron chi connectivity index (χ2n) is 6.30. The van der Waals surface area contributed by atoms with Crippen LogP contribution in [0.4, 0.5) is 0 Å². The molecule has 26 heavy (non-hydrogen) atoms. The van der Waals surface area contributed by atoms with Crippen LogP contribution < -0.4 is 0 Å². The minimum Gasteiger partial charge on any atom is -0.381 e. The van der Waals surface area contributed by atoms with Gasteiger partial charge in [-0.15, -0.1) is 0 Å². The molecule has 1 fully saturated rings. The molecule has 0 aliphatic carbocycles. The average Bonchev–Trinajstić information content (AvgIpc) is 3.02. The normalized spacial score (nSPS) is 16.4. The monoisotopic (exact) mass is 397 g/mol. The van der Waals surface area contributed by atoms with Crippen LogP contribution in [0, 0.1) is 0 Å². The van der Waals surface area contributed by atoms with Gasteiger partial charge in [0.15, 0.2) is 5.16 Å². The average molecular weight is 398 g/mol. The summed E-state index contributed by atoms with van der Waals surface area (Å²) in [4.78, 5) is 5.03. The highest BCUT2D eigenvalue weighted by Gasteiger charge is 2.26. The Balaban J connectivity index is 1.88. The van der Waals surface area contributed by atoms with Crippen molar-refractivity contribution in [2.45, 2.75) is 49.7 Å². The molecule has 1 aromatic heterocycles. The fourth-order valence-electron chi connectivity index (χ4n) is 3.25. The van der Waals surface area contributed by atoms with Crippen molar-refractivity contribution in [2.24, 2.45) is 0 Å². The number of ether oxygens (including phenoxy) is 1. The summed E-state index contributed by atoms with van der Waals surface area (Å²) in [5.41, 5.74) is 1.72. The van der Waals surface area contributed by atoms with Gasteiger partial charge in [0.1, 0.15) is 0 Å². The van der Waals surface area contributed by atoms with Gasteiger partial charge < -0.3 is 9.30 Å². The minimum absolute atomic E-state index is 0.346. The third-order valence-corrected chi connectivity index (χ3v) is 7.45. The molecule has 3 rings (SSSR count). The number of benzene rings is 1. The van der Waals surface area contributed by atoms with Gasteiger partial charge in [0.2, 0.25) is 10.0 Å². The Morgan fingerprint density at radius 2 is 1.96 bits per heavy atom. The Hall–Kier alpha value is -1.09. The molecule has 1 aliphatic rings. The quantitative estimate of drug-likeness (QED) is 0.505. The first kappa shape index (κ1) is 19.7. The van der Waals surface area contributed by atoms with Crippen LogP contribution >= 0.6 is 11.8 Å². The molecule has 1 aromatic carbocycles. The third-order valence-electron chi connectivity index (χ3n) is 4.62. The predicted molar refractivity (Wildman–Crippen MR) is 105 cm³/mol. The van der Waals surface area contributed by atoms with E-state index in [-0.39, 0.29) is 0 Å². The Bertz CT molecular complexity index is 843. The van der Waals surface area contributed by atoms with Gasteiger partial charge in [0.25, 0.3) is 0 Å². The van der Waals surface area contributed by atoms with Crippen molar-refractivity contribution in [3.05, 3.63) is 18.2 Å². The fourth-order valence-corrected chi connectivity index (χ4v) is 5.72. The maximum atomic E-state index is 12.9. The lowest BCUT2D eigenvalue weighted by Crippen LogP contribution is -2.35. The molecular weight excluding hydrogens is 370 g/mol. The first-order chi connectivity index (χ1) is 12.6. The van der Waals surface area contributed by atoms with E-state index in [1.807, 2.05) is 13.0 Å². The van der Waals surface area contributed by atoms with E-state index in [0.29, 0.717) is 31.2 Å². The van der Waals surface area contributed by atoms with Crippen molar-refractivity contribution < 1.29 is 13.2 Å². The van der Waals surface area contributed by atoms with Gasteiger partial charge in [-0.25, -0.2) is 13.4 Å². The lowest BCUT2D eigenvalue weighted by Gasteiger charge is -2.25. The zero-order chi connectivity index (χ0) is 18.6. The largest absolute Gasteiger partial charge is 0.381 e. The molecule has 0 bridgehead atoms. The third kappa shape index (κ3) is 4.08. The predicted octanol–water partition coefficient (Wildman–Crippen LogP) is 3.36. The smallest absolute Gasteiger partial charge is 0.243 e. The van der Waals surface area contributed by atoms with E-state index in [2.05, 4.69) is 16.5 Å². The molecule has 2 aromatic rings. The standard InChI is InChI=1S/C18H27N3O3S2/c1-3-21-17-9-8-15(26(22,23)20-10-6-5-7-11-20)14-16(17)19-18(21)25-13-12-24-4-2/h8-9,14H,3-7,10-13H2,1-2H3. The summed E-state index contributed by atoms with van der Waals surface area (Å²) in [6.07, 6.45) is 2.98. The molecule has 0 saturated carbocycles. The molecule has 0 atom stereocenters. The van der Waals surface area contributed by atoms with Gasteiger partial charge in [0.05, 0.1) is 22.5 Å². The van der Waals surface area contributed by atoms with Crippen molar-refractivity contribution in [1.82, 2.24) is 13.9 Å². The van der Waals surface area contributed by atoms with E-state index in [4.69, 9.17) is 4.74 Å². The molecular formula is C18H27N3O3S2. The number of aryl methyl sites for hydroxylation is 1. The fraction of sp³-hybridized carbons (Fsp3) is 0.611. The molecule has 0 N–H and O–H groups in total. The van der Waals surface area contributed by atoms with E-state index in [9.17, 15) is 8.42 Å². The van der Waals surface area contributed by atoms with E-state index in [1.165, 1.54) is 0 Å². The van der Waals surface area contributed by atoms with Gasteiger partial charge in [-0.2, -0.15) is 4.31 Å². The Labute approximate surface area is 160 Å². The van der Waals surface area contributed by atoms with Crippen molar-refractivity contribution in [1.29, 1.82) is 0 Å². The number of fused-ring (bicyclic) bond motifs is 1. The van der Waals surface area contributed by atoms with Crippen LogP contribution in [0.5, 0.6) is 0 Å². The summed E-state index contributed by atoms with van der Waals surface area (Å²) in [6, 6.07) is 5.32. The van der Waals surface area contributed by atoms with Gasteiger partial charge in [-0.3, -0.25) is 0 Å². The molecule has 2 heterocycles. The number of sulfonamides is 1. The van der Waals surface area contributed by atoms with E-state index in [1.54, 1.807) is 28.2 Å². The second kappa shape index (κ2) is 8.73. The highest BCUT2D eigenvalue weighted by atomic mass is 32.2. The van der Waals surface area contributed by atoms with Crippen LogP contribution in [0.2, 0.25) is 0 Å². The molecule has 8 heteroatoms.